The Kier molecular flexibility index (Phi) is 3.24. The molecule has 3 nitrogen and oxygen atoms in total. The molecule has 7 heteroatoms. The molecule has 0 N–H and O–H groups in total. The van der Waals surface area contributed by atoms with E-state index in [4.69, 9.17) is 0 Å². The van der Waals surface area contributed by atoms with E-state index in [2.05, 4.69) is 26.0 Å². The fraction of sp³-hybridized carbons (Fsp3) is 0.143. The molecule has 0 aliphatic carbocycles. The molecule has 2 heterocycles. The van der Waals surface area contributed by atoms with Gasteiger partial charge in [-0.15, -0.1) is 0 Å². The molecule has 21 heavy (non-hydrogen) atoms. The molecule has 3 rings (SSSR count). The average Bonchev–Trinajstić information content (AvgIpc) is 2.76. The van der Waals surface area contributed by atoms with Gasteiger partial charge >= 0.3 is 6.18 Å². The van der Waals surface area contributed by atoms with Crippen molar-refractivity contribution in [1.82, 2.24) is 14.6 Å². The first-order chi connectivity index (χ1) is 9.84. The Morgan fingerprint density at radius 3 is 2.57 bits per heavy atom. The first-order valence-corrected chi connectivity index (χ1v) is 6.84. The number of aromatic nitrogens is 3. The third-order valence-corrected chi connectivity index (χ3v) is 3.45. The van der Waals surface area contributed by atoms with Crippen molar-refractivity contribution in [2.75, 3.05) is 0 Å². The number of aryl methyl sites for hydroxylation is 1. The van der Waals surface area contributed by atoms with Crippen molar-refractivity contribution in [2.24, 2.45) is 0 Å². The SMILES string of the molecule is Cc1cc2nc(-c3cccc(Br)c3)cc(C(F)(F)F)n2n1. The molecule has 1 aromatic carbocycles. The van der Waals surface area contributed by atoms with Crippen molar-refractivity contribution >= 4 is 21.6 Å². The van der Waals surface area contributed by atoms with Gasteiger partial charge in [0.15, 0.2) is 11.3 Å². The molecule has 0 saturated heterocycles. The van der Waals surface area contributed by atoms with Crippen LogP contribution in [0.2, 0.25) is 0 Å². The van der Waals surface area contributed by atoms with E-state index < -0.39 is 11.9 Å². The summed E-state index contributed by atoms with van der Waals surface area (Å²) >= 11 is 3.30. The highest BCUT2D eigenvalue weighted by atomic mass is 79.9. The van der Waals surface area contributed by atoms with Gasteiger partial charge in [0.05, 0.1) is 11.4 Å². The predicted octanol–water partition coefficient (Wildman–Crippen LogP) is 4.49. The zero-order valence-corrected chi connectivity index (χ0v) is 12.4. The number of fused-ring (bicyclic) bond motifs is 1. The summed E-state index contributed by atoms with van der Waals surface area (Å²) < 4.78 is 41.2. The van der Waals surface area contributed by atoms with Gasteiger partial charge in [-0.05, 0) is 25.1 Å². The molecular weight excluding hydrogens is 347 g/mol. The van der Waals surface area contributed by atoms with Gasteiger partial charge in [-0.1, -0.05) is 28.1 Å². The molecule has 0 bridgehead atoms. The first-order valence-electron chi connectivity index (χ1n) is 6.05. The minimum absolute atomic E-state index is 0.178. The number of nitrogens with zero attached hydrogens (tertiary/aromatic N) is 3. The van der Waals surface area contributed by atoms with Crippen LogP contribution in [0.3, 0.4) is 0 Å². The molecule has 0 saturated carbocycles. The van der Waals surface area contributed by atoms with Crippen LogP contribution in [0.15, 0.2) is 40.9 Å². The van der Waals surface area contributed by atoms with E-state index in [1.54, 1.807) is 31.2 Å². The fourth-order valence-electron chi connectivity index (χ4n) is 2.09. The molecule has 3 aromatic rings. The lowest BCUT2D eigenvalue weighted by Crippen LogP contribution is -2.13. The summed E-state index contributed by atoms with van der Waals surface area (Å²) in [5, 5.41) is 3.86. The molecule has 0 unspecified atom stereocenters. The lowest BCUT2D eigenvalue weighted by atomic mass is 10.1. The average molecular weight is 356 g/mol. The summed E-state index contributed by atoms with van der Waals surface area (Å²) in [4.78, 5) is 4.26. The van der Waals surface area contributed by atoms with Crippen LogP contribution in [0.25, 0.3) is 16.9 Å². The monoisotopic (exact) mass is 355 g/mol. The molecule has 0 spiro atoms. The van der Waals surface area contributed by atoms with Crippen molar-refractivity contribution in [3.05, 3.63) is 52.3 Å². The predicted molar refractivity (Wildman–Crippen MR) is 75.9 cm³/mol. The van der Waals surface area contributed by atoms with E-state index in [9.17, 15) is 13.2 Å². The van der Waals surface area contributed by atoms with Crippen LogP contribution < -0.4 is 0 Å². The second-order valence-corrected chi connectivity index (χ2v) is 5.51. The molecule has 0 aliphatic rings. The van der Waals surface area contributed by atoms with Crippen molar-refractivity contribution < 1.29 is 13.2 Å². The van der Waals surface area contributed by atoms with Gasteiger partial charge in [-0.2, -0.15) is 18.3 Å². The highest BCUT2D eigenvalue weighted by molar-refractivity contribution is 9.10. The van der Waals surface area contributed by atoms with Crippen molar-refractivity contribution in [3.63, 3.8) is 0 Å². The largest absolute Gasteiger partial charge is 0.433 e. The van der Waals surface area contributed by atoms with Crippen LogP contribution in [0.4, 0.5) is 13.2 Å². The van der Waals surface area contributed by atoms with Crippen LogP contribution in [0, 0.1) is 6.92 Å². The van der Waals surface area contributed by atoms with Crippen LogP contribution in [-0.4, -0.2) is 14.6 Å². The van der Waals surface area contributed by atoms with Gasteiger partial charge in [0, 0.05) is 16.1 Å². The normalized spacial score (nSPS) is 12.0. The second-order valence-electron chi connectivity index (χ2n) is 4.59. The summed E-state index contributed by atoms with van der Waals surface area (Å²) in [7, 11) is 0. The van der Waals surface area contributed by atoms with Gasteiger partial charge in [-0.25, -0.2) is 9.50 Å². The molecule has 0 atom stereocenters. The van der Waals surface area contributed by atoms with E-state index in [-0.39, 0.29) is 11.3 Å². The zero-order valence-electron chi connectivity index (χ0n) is 10.8. The lowest BCUT2D eigenvalue weighted by Gasteiger charge is -2.11. The fourth-order valence-corrected chi connectivity index (χ4v) is 2.49. The minimum Gasteiger partial charge on any atom is -0.228 e. The van der Waals surface area contributed by atoms with E-state index in [0.29, 0.717) is 11.3 Å². The van der Waals surface area contributed by atoms with Crippen molar-refractivity contribution in [1.29, 1.82) is 0 Å². The summed E-state index contributed by atoms with van der Waals surface area (Å²) in [6, 6.07) is 9.53. The van der Waals surface area contributed by atoms with Gasteiger partial charge in [-0.3, -0.25) is 0 Å². The molecule has 0 fully saturated rings. The Morgan fingerprint density at radius 1 is 1.14 bits per heavy atom. The van der Waals surface area contributed by atoms with Gasteiger partial charge < -0.3 is 0 Å². The maximum atomic E-state index is 13.2. The Hall–Kier alpha value is -1.89. The highest BCUT2D eigenvalue weighted by Crippen LogP contribution is 2.32. The molecule has 0 radical (unpaired) electrons. The lowest BCUT2D eigenvalue weighted by molar-refractivity contribution is -0.142. The standard InChI is InChI=1S/C14H9BrF3N3/c1-8-5-13-19-11(9-3-2-4-10(15)6-9)7-12(14(16,17)18)21(13)20-8/h2-7H,1H3. The number of benzene rings is 1. The van der Waals surface area contributed by atoms with Crippen LogP contribution in [-0.2, 0) is 6.18 Å². The highest BCUT2D eigenvalue weighted by Gasteiger charge is 2.35. The molecular formula is C14H9BrF3N3. The Morgan fingerprint density at radius 2 is 1.90 bits per heavy atom. The summed E-state index contributed by atoms with van der Waals surface area (Å²) in [5.41, 5.74) is 0.694. The third kappa shape index (κ3) is 2.65. The van der Waals surface area contributed by atoms with E-state index in [1.165, 1.54) is 6.07 Å². The summed E-state index contributed by atoms with van der Waals surface area (Å²) in [6.07, 6.45) is -4.50. The smallest absolute Gasteiger partial charge is 0.228 e. The van der Waals surface area contributed by atoms with Crippen molar-refractivity contribution in [2.45, 2.75) is 13.1 Å². The number of rotatable bonds is 1. The molecule has 2 aromatic heterocycles. The first kappa shape index (κ1) is 14.1. The molecule has 0 aliphatic heterocycles. The van der Waals surface area contributed by atoms with E-state index in [0.717, 1.165) is 15.1 Å². The molecule has 0 amide bonds. The maximum absolute atomic E-state index is 13.2. The maximum Gasteiger partial charge on any atom is 0.433 e. The minimum atomic E-state index is -4.50. The summed E-state index contributed by atoms with van der Waals surface area (Å²) in [6.45, 7) is 1.63. The zero-order chi connectivity index (χ0) is 15.2. The van der Waals surface area contributed by atoms with Crippen LogP contribution in [0.1, 0.15) is 11.4 Å². The number of hydrogen-bond acceptors (Lipinski definition) is 2. The third-order valence-electron chi connectivity index (χ3n) is 2.96. The van der Waals surface area contributed by atoms with Gasteiger partial charge in [0.2, 0.25) is 0 Å². The van der Waals surface area contributed by atoms with E-state index >= 15 is 0 Å². The Labute approximate surface area is 126 Å². The molecule has 108 valence electrons. The van der Waals surface area contributed by atoms with Crippen LogP contribution >= 0.6 is 15.9 Å². The second kappa shape index (κ2) is 4.84. The number of hydrogen-bond donors (Lipinski definition) is 0. The topological polar surface area (TPSA) is 30.2 Å². The Bertz CT molecular complexity index is 824. The Balaban J connectivity index is 2.30. The number of alkyl halides is 3. The van der Waals surface area contributed by atoms with Gasteiger partial charge in [0.25, 0.3) is 0 Å². The summed E-state index contributed by atoms with van der Waals surface area (Å²) in [5.74, 6) is 0. The van der Waals surface area contributed by atoms with Crippen molar-refractivity contribution in [3.8, 4) is 11.3 Å². The van der Waals surface area contributed by atoms with Gasteiger partial charge in [0.1, 0.15) is 0 Å². The van der Waals surface area contributed by atoms with Crippen LogP contribution in [0.5, 0.6) is 0 Å². The quantitative estimate of drug-likeness (QED) is 0.643. The van der Waals surface area contributed by atoms with E-state index in [1.807, 2.05) is 0 Å². The number of halogens is 4.